The lowest BCUT2D eigenvalue weighted by atomic mass is 9.99. The zero-order chi connectivity index (χ0) is 27.6. The topological polar surface area (TPSA) is 99.5 Å². The van der Waals surface area contributed by atoms with Gasteiger partial charge in [0.1, 0.15) is 0 Å². The van der Waals surface area contributed by atoms with E-state index in [0.717, 1.165) is 41.6 Å². The highest BCUT2D eigenvalue weighted by molar-refractivity contribution is 6.21. The minimum absolute atomic E-state index is 0.00919. The Hall–Kier alpha value is -3.40. The Bertz CT molecular complexity index is 1320. The quantitative estimate of drug-likeness (QED) is 0.416. The van der Waals surface area contributed by atoms with Gasteiger partial charge in [-0.25, -0.2) is 0 Å². The van der Waals surface area contributed by atoms with Crippen LogP contribution in [0, 0.1) is 0 Å². The van der Waals surface area contributed by atoms with Crippen LogP contribution in [0.2, 0.25) is 0 Å². The molecule has 2 N–H and O–H groups in total. The SMILES string of the molecule is O=C1c2ccccc2C(=O)N1Cc1ccc([C@@H]2O[C@H](CN3CCC[C@H]3CO)C[C@H](c3ccc(CO)cc3)O2)cc1. The molecule has 3 aromatic carbocycles. The Morgan fingerprint density at radius 3 is 2.10 bits per heavy atom. The van der Waals surface area contributed by atoms with Gasteiger partial charge < -0.3 is 19.7 Å². The fraction of sp³-hybridized carbons (Fsp3) is 0.375. The summed E-state index contributed by atoms with van der Waals surface area (Å²) in [5.74, 6) is -0.547. The van der Waals surface area contributed by atoms with E-state index in [2.05, 4.69) is 4.90 Å². The van der Waals surface area contributed by atoms with Gasteiger partial charge in [-0.3, -0.25) is 19.4 Å². The molecule has 4 atom stereocenters. The van der Waals surface area contributed by atoms with Crippen molar-refractivity contribution in [3.8, 4) is 0 Å². The lowest BCUT2D eigenvalue weighted by Crippen LogP contribution is -2.42. The molecule has 208 valence electrons. The van der Waals surface area contributed by atoms with Gasteiger partial charge in [0.2, 0.25) is 0 Å². The summed E-state index contributed by atoms with van der Waals surface area (Å²) in [6, 6.07) is 22.5. The second-order valence-electron chi connectivity index (χ2n) is 10.8. The van der Waals surface area contributed by atoms with Crippen molar-refractivity contribution in [2.75, 3.05) is 19.7 Å². The molecular formula is C32H34N2O6. The monoisotopic (exact) mass is 542 g/mol. The molecule has 3 aliphatic heterocycles. The van der Waals surface area contributed by atoms with E-state index in [-0.39, 0.29) is 49.8 Å². The molecule has 0 radical (unpaired) electrons. The van der Waals surface area contributed by atoms with E-state index in [1.54, 1.807) is 24.3 Å². The Labute approximate surface area is 233 Å². The molecule has 0 bridgehead atoms. The number of likely N-dealkylation sites (tertiary alicyclic amines) is 1. The molecule has 0 aromatic heterocycles. The molecule has 8 nitrogen and oxygen atoms in total. The average molecular weight is 543 g/mol. The second-order valence-corrected chi connectivity index (χ2v) is 10.8. The van der Waals surface area contributed by atoms with E-state index in [4.69, 9.17) is 9.47 Å². The summed E-state index contributed by atoms with van der Waals surface area (Å²) < 4.78 is 12.9. The highest BCUT2D eigenvalue weighted by Gasteiger charge is 2.37. The van der Waals surface area contributed by atoms with Crippen LogP contribution < -0.4 is 0 Å². The van der Waals surface area contributed by atoms with Crippen molar-refractivity contribution in [1.29, 1.82) is 0 Å². The standard InChI is InChI=1S/C32H34N2O6/c35-19-22-9-11-23(12-10-22)29-16-26(18-33-15-3-4-25(33)20-36)39-32(40-29)24-13-7-21(8-14-24)17-34-30(37)27-5-1-2-6-28(27)31(34)38/h1-2,5-14,25-26,29,32,35-36H,3-4,15-20H2/t25-,26-,29+,32+/m0/s1. The molecule has 3 heterocycles. The number of ether oxygens (including phenoxy) is 2. The lowest BCUT2D eigenvalue weighted by Gasteiger charge is -2.38. The molecular weight excluding hydrogens is 508 g/mol. The molecule has 2 fully saturated rings. The zero-order valence-corrected chi connectivity index (χ0v) is 22.3. The largest absolute Gasteiger partial charge is 0.395 e. The van der Waals surface area contributed by atoms with Crippen LogP contribution in [0.25, 0.3) is 0 Å². The first-order valence-electron chi connectivity index (χ1n) is 13.9. The molecule has 6 rings (SSSR count). The Morgan fingerprint density at radius 1 is 0.800 bits per heavy atom. The van der Waals surface area contributed by atoms with Crippen molar-refractivity contribution in [2.45, 2.75) is 57.0 Å². The number of nitrogens with zero attached hydrogens (tertiary/aromatic N) is 2. The molecule has 3 aromatic rings. The van der Waals surface area contributed by atoms with Crippen molar-refractivity contribution < 1.29 is 29.3 Å². The smallest absolute Gasteiger partial charge is 0.261 e. The minimum Gasteiger partial charge on any atom is -0.395 e. The highest BCUT2D eigenvalue weighted by atomic mass is 16.7. The molecule has 40 heavy (non-hydrogen) atoms. The van der Waals surface area contributed by atoms with Gasteiger partial charge in [-0.2, -0.15) is 0 Å². The van der Waals surface area contributed by atoms with Gasteiger partial charge in [-0.15, -0.1) is 0 Å². The number of aliphatic hydroxyl groups is 2. The molecule has 0 aliphatic carbocycles. The predicted molar refractivity (Wildman–Crippen MR) is 147 cm³/mol. The third-order valence-corrected chi connectivity index (χ3v) is 8.23. The summed E-state index contributed by atoms with van der Waals surface area (Å²) in [6.45, 7) is 1.99. The maximum absolute atomic E-state index is 12.8. The van der Waals surface area contributed by atoms with Gasteiger partial charge in [0, 0.05) is 24.6 Å². The van der Waals surface area contributed by atoms with E-state index in [0.29, 0.717) is 24.1 Å². The number of amides is 2. The first-order valence-corrected chi connectivity index (χ1v) is 13.9. The third-order valence-electron chi connectivity index (χ3n) is 8.23. The number of imide groups is 1. The van der Waals surface area contributed by atoms with Crippen molar-refractivity contribution in [3.05, 3.63) is 106 Å². The van der Waals surface area contributed by atoms with Gasteiger partial charge in [-0.1, -0.05) is 60.7 Å². The van der Waals surface area contributed by atoms with Crippen LogP contribution in [0.4, 0.5) is 0 Å². The number of benzene rings is 3. The van der Waals surface area contributed by atoms with E-state index in [1.165, 1.54) is 4.90 Å². The summed E-state index contributed by atoms with van der Waals surface area (Å²) in [6.07, 6.45) is 1.87. The number of rotatable bonds is 8. The zero-order valence-electron chi connectivity index (χ0n) is 22.3. The molecule has 0 unspecified atom stereocenters. The summed E-state index contributed by atoms with van der Waals surface area (Å²) >= 11 is 0. The van der Waals surface area contributed by atoms with Crippen LogP contribution in [0.3, 0.4) is 0 Å². The van der Waals surface area contributed by atoms with Gasteiger partial charge in [0.15, 0.2) is 6.29 Å². The number of aliphatic hydroxyl groups excluding tert-OH is 2. The number of carbonyl (C=O) groups is 2. The molecule has 0 spiro atoms. The van der Waals surface area contributed by atoms with Crippen molar-refractivity contribution in [1.82, 2.24) is 9.80 Å². The van der Waals surface area contributed by atoms with Crippen LogP contribution in [-0.2, 0) is 22.6 Å². The van der Waals surface area contributed by atoms with Gasteiger partial charge in [0.05, 0.1) is 43.1 Å². The molecule has 8 heteroatoms. The first-order chi connectivity index (χ1) is 19.5. The summed E-state index contributed by atoms with van der Waals surface area (Å²) in [7, 11) is 0. The fourth-order valence-corrected chi connectivity index (χ4v) is 5.98. The Kier molecular flexibility index (Phi) is 7.78. The van der Waals surface area contributed by atoms with Crippen LogP contribution >= 0.6 is 0 Å². The predicted octanol–water partition coefficient (Wildman–Crippen LogP) is 3.98. The van der Waals surface area contributed by atoms with Crippen LogP contribution in [-0.4, -0.2) is 63.7 Å². The van der Waals surface area contributed by atoms with Gasteiger partial charge in [0.25, 0.3) is 11.8 Å². The Morgan fingerprint density at radius 2 is 1.45 bits per heavy atom. The molecule has 0 saturated carbocycles. The van der Waals surface area contributed by atoms with E-state index < -0.39 is 6.29 Å². The number of hydrogen-bond donors (Lipinski definition) is 2. The first kappa shape index (κ1) is 26.8. The molecule has 2 saturated heterocycles. The highest BCUT2D eigenvalue weighted by Crippen LogP contribution is 2.39. The summed E-state index contributed by atoms with van der Waals surface area (Å²) in [5, 5.41) is 19.3. The van der Waals surface area contributed by atoms with E-state index >= 15 is 0 Å². The van der Waals surface area contributed by atoms with E-state index in [9.17, 15) is 19.8 Å². The Balaban J connectivity index is 1.19. The second kappa shape index (κ2) is 11.6. The van der Waals surface area contributed by atoms with Gasteiger partial charge in [-0.05, 0) is 48.2 Å². The number of fused-ring (bicyclic) bond motifs is 1. The van der Waals surface area contributed by atoms with Crippen molar-refractivity contribution >= 4 is 11.8 Å². The van der Waals surface area contributed by atoms with Crippen molar-refractivity contribution in [3.63, 3.8) is 0 Å². The minimum atomic E-state index is -0.593. The summed E-state index contributed by atoms with van der Waals surface area (Å²) in [4.78, 5) is 29.2. The van der Waals surface area contributed by atoms with Crippen LogP contribution in [0.1, 0.15) is 74.6 Å². The van der Waals surface area contributed by atoms with Crippen molar-refractivity contribution in [2.24, 2.45) is 0 Å². The maximum atomic E-state index is 12.8. The maximum Gasteiger partial charge on any atom is 0.261 e. The molecule has 3 aliphatic rings. The normalized spacial score (nSPS) is 25.0. The number of hydrogen-bond acceptors (Lipinski definition) is 7. The molecule has 2 amide bonds. The fourth-order valence-electron chi connectivity index (χ4n) is 5.98. The number of carbonyl (C=O) groups excluding carboxylic acids is 2. The van der Waals surface area contributed by atoms with Crippen LogP contribution in [0.5, 0.6) is 0 Å². The van der Waals surface area contributed by atoms with Crippen LogP contribution in [0.15, 0.2) is 72.8 Å². The lowest BCUT2D eigenvalue weighted by molar-refractivity contribution is -0.253. The van der Waals surface area contributed by atoms with E-state index in [1.807, 2.05) is 48.5 Å². The summed E-state index contributed by atoms with van der Waals surface area (Å²) in [5.41, 5.74) is 4.45. The average Bonchev–Trinajstić information content (AvgIpc) is 3.55. The van der Waals surface area contributed by atoms with Gasteiger partial charge >= 0.3 is 0 Å². The third kappa shape index (κ3) is 5.33.